The molecule has 1 amide bonds. The van der Waals surface area contributed by atoms with E-state index in [0.717, 1.165) is 17.7 Å². The van der Waals surface area contributed by atoms with Crippen molar-refractivity contribution in [3.63, 3.8) is 0 Å². The van der Waals surface area contributed by atoms with Gasteiger partial charge in [-0.05, 0) is 35.9 Å². The fraction of sp³-hybridized carbons (Fsp3) is 0.278. The number of carbonyl (C=O) groups excluding carboxylic acids is 1. The minimum absolute atomic E-state index is 0.00799. The summed E-state index contributed by atoms with van der Waals surface area (Å²) in [5, 5.41) is 12.9. The molecule has 1 unspecified atom stereocenters. The van der Waals surface area contributed by atoms with Crippen LogP contribution in [0.4, 0.5) is 13.2 Å². The molecule has 0 saturated heterocycles. The summed E-state index contributed by atoms with van der Waals surface area (Å²) in [7, 11) is 0. The van der Waals surface area contributed by atoms with Gasteiger partial charge in [-0.2, -0.15) is 13.2 Å². The number of aliphatic hydroxyl groups excluding tert-OH is 1. The third kappa shape index (κ3) is 6.57. The molecule has 2 rings (SSSR count). The van der Waals surface area contributed by atoms with Crippen LogP contribution in [-0.4, -0.2) is 30.3 Å². The molecule has 0 radical (unpaired) electrons. The van der Waals surface area contributed by atoms with Gasteiger partial charge < -0.3 is 15.2 Å². The summed E-state index contributed by atoms with van der Waals surface area (Å²) in [5.74, 6) is -0.309. The molecular weight excluding hydrogens is 371 g/mol. The van der Waals surface area contributed by atoms with Gasteiger partial charge in [0.05, 0.1) is 12.0 Å². The van der Waals surface area contributed by atoms with E-state index in [1.165, 1.54) is 12.1 Å². The zero-order chi connectivity index (χ0) is 19.2. The first kappa shape index (κ1) is 20.1. The third-order valence-electron chi connectivity index (χ3n) is 3.42. The summed E-state index contributed by atoms with van der Waals surface area (Å²) in [6.45, 7) is -0.325. The largest absolute Gasteiger partial charge is 0.491 e. The van der Waals surface area contributed by atoms with Gasteiger partial charge in [-0.25, -0.2) is 0 Å². The molecule has 0 aromatic heterocycles. The number of alkyl halides is 3. The van der Waals surface area contributed by atoms with E-state index in [2.05, 4.69) is 5.32 Å². The Kier molecular flexibility index (Phi) is 6.88. The first-order valence-corrected chi connectivity index (χ1v) is 8.11. The van der Waals surface area contributed by atoms with Crippen molar-refractivity contribution >= 4 is 17.5 Å². The summed E-state index contributed by atoms with van der Waals surface area (Å²) in [6, 6.07) is 11.1. The normalized spacial score (nSPS) is 12.5. The van der Waals surface area contributed by atoms with Crippen molar-refractivity contribution in [2.24, 2.45) is 0 Å². The Morgan fingerprint density at radius 1 is 1.19 bits per heavy atom. The summed E-state index contributed by atoms with van der Waals surface area (Å²) in [5.41, 5.74) is -0.0673. The molecule has 0 aliphatic rings. The smallest absolute Gasteiger partial charge is 0.416 e. The quantitative estimate of drug-likeness (QED) is 0.765. The van der Waals surface area contributed by atoms with Gasteiger partial charge in [-0.3, -0.25) is 4.79 Å². The molecule has 140 valence electrons. The zero-order valence-corrected chi connectivity index (χ0v) is 14.3. The molecule has 0 heterocycles. The first-order chi connectivity index (χ1) is 12.2. The van der Waals surface area contributed by atoms with Crippen molar-refractivity contribution in [2.75, 3.05) is 13.2 Å². The van der Waals surface area contributed by atoms with Gasteiger partial charge in [0.2, 0.25) is 5.91 Å². The lowest BCUT2D eigenvalue weighted by molar-refractivity contribution is -0.137. The Labute approximate surface area is 153 Å². The second-order valence-electron chi connectivity index (χ2n) is 5.60. The van der Waals surface area contributed by atoms with E-state index in [1.54, 1.807) is 24.3 Å². The van der Waals surface area contributed by atoms with Crippen LogP contribution in [0.15, 0.2) is 48.5 Å². The van der Waals surface area contributed by atoms with Gasteiger partial charge in [0, 0.05) is 11.6 Å². The van der Waals surface area contributed by atoms with Crippen molar-refractivity contribution in [2.45, 2.75) is 18.7 Å². The number of ether oxygens (including phenoxy) is 1. The van der Waals surface area contributed by atoms with Crippen LogP contribution in [0.1, 0.15) is 11.1 Å². The number of aliphatic hydroxyl groups is 1. The zero-order valence-electron chi connectivity index (χ0n) is 13.6. The fourth-order valence-electron chi connectivity index (χ4n) is 2.10. The van der Waals surface area contributed by atoms with Gasteiger partial charge in [0.25, 0.3) is 0 Å². The average Bonchev–Trinajstić information content (AvgIpc) is 2.60. The number of rotatable bonds is 7. The molecule has 4 nitrogen and oxygen atoms in total. The molecule has 0 fully saturated rings. The molecule has 0 saturated carbocycles. The highest BCUT2D eigenvalue weighted by molar-refractivity contribution is 6.30. The molecule has 0 spiro atoms. The second kappa shape index (κ2) is 8.91. The molecule has 2 aromatic carbocycles. The van der Waals surface area contributed by atoms with Crippen LogP contribution in [0.3, 0.4) is 0 Å². The SMILES string of the molecule is O=C(Cc1ccc(Cl)cc1)NCC(O)COc1cccc(C(F)(F)F)c1. The van der Waals surface area contributed by atoms with E-state index in [9.17, 15) is 23.1 Å². The minimum atomic E-state index is -4.46. The van der Waals surface area contributed by atoms with Crippen molar-refractivity contribution in [3.8, 4) is 5.75 Å². The Balaban J connectivity index is 1.76. The molecule has 2 N–H and O–H groups in total. The van der Waals surface area contributed by atoms with Gasteiger partial charge >= 0.3 is 6.18 Å². The third-order valence-corrected chi connectivity index (χ3v) is 3.67. The maximum atomic E-state index is 12.6. The van der Waals surface area contributed by atoms with Crippen LogP contribution >= 0.6 is 11.6 Å². The van der Waals surface area contributed by atoms with Crippen LogP contribution in [0.25, 0.3) is 0 Å². The van der Waals surface area contributed by atoms with E-state index in [0.29, 0.717) is 5.02 Å². The number of amides is 1. The highest BCUT2D eigenvalue weighted by atomic mass is 35.5. The lowest BCUT2D eigenvalue weighted by Crippen LogP contribution is -2.36. The topological polar surface area (TPSA) is 58.6 Å². The monoisotopic (exact) mass is 387 g/mol. The molecule has 0 aliphatic heterocycles. The second-order valence-corrected chi connectivity index (χ2v) is 6.03. The van der Waals surface area contributed by atoms with E-state index in [1.807, 2.05) is 0 Å². The van der Waals surface area contributed by atoms with Crippen molar-refractivity contribution in [1.29, 1.82) is 0 Å². The number of hydrogen-bond donors (Lipinski definition) is 2. The Bertz CT molecular complexity index is 735. The lowest BCUT2D eigenvalue weighted by atomic mass is 10.1. The molecule has 0 bridgehead atoms. The van der Waals surface area contributed by atoms with Crippen LogP contribution in [0.2, 0.25) is 5.02 Å². The summed E-state index contributed by atoms with van der Waals surface area (Å²) < 4.78 is 43.0. The van der Waals surface area contributed by atoms with Gasteiger partial charge in [-0.1, -0.05) is 29.8 Å². The lowest BCUT2D eigenvalue weighted by Gasteiger charge is -2.14. The van der Waals surface area contributed by atoms with E-state index in [4.69, 9.17) is 16.3 Å². The average molecular weight is 388 g/mol. The predicted octanol–water partition coefficient (Wildman–Crippen LogP) is 3.46. The van der Waals surface area contributed by atoms with Gasteiger partial charge in [-0.15, -0.1) is 0 Å². The van der Waals surface area contributed by atoms with Crippen LogP contribution in [-0.2, 0) is 17.4 Å². The minimum Gasteiger partial charge on any atom is -0.491 e. The molecule has 26 heavy (non-hydrogen) atoms. The predicted molar refractivity (Wildman–Crippen MR) is 91.1 cm³/mol. The summed E-state index contributed by atoms with van der Waals surface area (Å²) in [6.07, 6.45) is -5.40. The van der Waals surface area contributed by atoms with Crippen molar-refractivity contribution in [3.05, 3.63) is 64.7 Å². The van der Waals surface area contributed by atoms with E-state index in [-0.39, 0.29) is 31.2 Å². The molecular formula is C18H17ClF3NO3. The number of carbonyl (C=O) groups is 1. The van der Waals surface area contributed by atoms with Crippen molar-refractivity contribution < 1.29 is 27.8 Å². The number of halogens is 4. The Morgan fingerprint density at radius 2 is 1.88 bits per heavy atom. The van der Waals surface area contributed by atoms with E-state index < -0.39 is 17.8 Å². The Hall–Kier alpha value is -2.25. The summed E-state index contributed by atoms with van der Waals surface area (Å²) >= 11 is 5.76. The maximum Gasteiger partial charge on any atom is 0.416 e. The molecule has 0 aliphatic carbocycles. The molecule has 8 heteroatoms. The Morgan fingerprint density at radius 3 is 2.54 bits per heavy atom. The maximum absolute atomic E-state index is 12.6. The van der Waals surface area contributed by atoms with Crippen LogP contribution < -0.4 is 10.1 Å². The summed E-state index contributed by atoms with van der Waals surface area (Å²) in [4.78, 5) is 11.8. The highest BCUT2D eigenvalue weighted by Crippen LogP contribution is 2.31. The number of nitrogens with one attached hydrogen (secondary N) is 1. The molecule has 2 aromatic rings. The van der Waals surface area contributed by atoms with Crippen molar-refractivity contribution in [1.82, 2.24) is 5.32 Å². The van der Waals surface area contributed by atoms with Crippen LogP contribution in [0, 0.1) is 0 Å². The van der Waals surface area contributed by atoms with Gasteiger partial charge in [0.1, 0.15) is 18.5 Å². The van der Waals surface area contributed by atoms with Crippen LogP contribution in [0.5, 0.6) is 5.75 Å². The van der Waals surface area contributed by atoms with Gasteiger partial charge in [0.15, 0.2) is 0 Å². The number of hydrogen-bond acceptors (Lipinski definition) is 3. The number of benzene rings is 2. The highest BCUT2D eigenvalue weighted by Gasteiger charge is 2.30. The standard InChI is InChI=1S/C18H17ClF3NO3/c19-14-6-4-12(5-7-14)8-17(25)23-10-15(24)11-26-16-3-1-2-13(9-16)18(20,21)22/h1-7,9,15,24H,8,10-11H2,(H,23,25). The fourth-order valence-corrected chi connectivity index (χ4v) is 2.22. The van der Waals surface area contributed by atoms with E-state index >= 15 is 0 Å². The first-order valence-electron chi connectivity index (χ1n) is 7.73. The molecule has 1 atom stereocenters.